The molecule has 15 atom stereocenters. The lowest BCUT2D eigenvalue weighted by molar-refractivity contribution is -0.424. The first kappa shape index (κ1) is 46.0. The van der Waals surface area contributed by atoms with Gasteiger partial charge in [-0.3, -0.25) is 4.79 Å². The van der Waals surface area contributed by atoms with Crippen molar-refractivity contribution in [3.8, 4) is 11.5 Å². The highest BCUT2D eigenvalue weighted by molar-refractivity contribution is 8.77. The average molecular weight is 918 g/mol. The minimum absolute atomic E-state index is 0.00531. The summed E-state index contributed by atoms with van der Waals surface area (Å²) in [5, 5.41) is 90.7. The van der Waals surface area contributed by atoms with Gasteiger partial charge in [-0.05, 0) is 106 Å². The maximum Gasteiger partial charge on any atom is 0.306 e. The molecule has 0 unspecified atom stereocenters. The molecule has 350 valence electrons. The molecule has 14 nitrogen and oxygen atoms in total. The molecule has 7 aliphatic rings. The molecule has 0 radical (unpaired) electrons. The van der Waals surface area contributed by atoms with Crippen LogP contribution in [0.4, 0.5) is 0 Å². The first-order valence-electron chi connectivity index (χ1n) is 23.4. The molecule has 2 saturated heterocycles. The van der Waals surface area contributed by atoms with Gasteiger partial charge in [-0.1, -0.05) is 59.9 Å². The lowest BCUT2D eigenvalue weighted by Crippen LogP contribution is -2.86. The monoisotopic (exact) mass is 917 g/mol. The van der Waals surface area contributed by atoms with Crippen LogP contribution in [-0.2, 0) is 20.7 Å². The lowest BCUT2D eigenvalue weighted by Gasteiger charge is -2.67. The number of furan rings is 1. The molecular weight excluding hydrogens is 851 g/mol. The van der Waals surface area contributed by atoms with Gasteiger partial charge < -0.3 is 64.4 Å². The van der Waals surface area contributed by atoms with Crippen LogP contribution in [0.1, 0.15) is 103 Å². The molecule has 3 spiro atoms. The van der Waals surface area contributed by atoms with Gasteiger partial charge in [0, 0.05) is 53.3 Å². The number of hydrogen-bond donors (Lipinski definition) is 8. The number of carbonyl (C=O) groups is 1. The Hall–Kier alpha value is -2.09. The van der Waals surface area contributed by atoms with Crippen LogP contribution in [0.15, 0.2) is 35.0 Å². The normalized spacial score (nSPS) is 44.2. The van der Waals surface area contributed by atoms with Crippen molar-refractivity contribution >= 4 is 38.5 Å². The number of rotatable bonds is 5. The Bertz CT molecular complexity index is 2000. The molecular formula is C47H67NO13S2. The van der Waals surface area contributed by atoms with Crippen molar-refractivity contribution in [1.29, 1.82) is 0 Å². The number of aliphatic hydroxyl groups is 7. The third-order valence-electron chi connectivity index (χ3n) is 16.5. The summed E-state index contributed by atoms with van der Waals surface area (Å²) >= 11 is 0. The van der Waals surface area contributed by atoms with Crippen LogP contribution in [0.5, 0.6) is 11.5 Å². The van der Waals surface area contributed by atoms with Crippen LogP contribution in [0.2, 0.25) is 0 Å². The van der Waals surface area contributed by atoms with Gasteiger partial charge in [-0.15, -0.1) is 0 Å². The van der Waals surface area contributed by atoms with Crippen LogP contribution in [0, 0.1) is 29.1 Å². The summed E-state index contributed by atoms with van der Waals surface area (Å²) in [6, 6.07) is 3.61. The molecule has 0 amide bonds. The number of hydrogen-bond acceptors (Lipinski definition) is 16. The number of aryl methyl sites for hydroxylation is 1. The van der Waals surface area contributed by atoms with Gasteiger partial charge in [0.15, 0.2) is 16.9 Å². The number of allylic oxidation sites excluding steroid dienone is 1. The molecule has 1 aromatic carbocycles. The molecule has 3 saturated carbocycles. The van der Waals surface area contributed by atoms with Crippen LogP contribution in [0.3, 0.4) is 0 Å². The SMILES string of the molecule is CCOC(=O)CCc1cc2ccoc2c2c1O[C@@H]1O[C@@]3(CSS[C@]4(CC[C@@]5(CCC[C@H]5O)C4)[C@@H](CC[C@@H](C)CCC[C@H]3O)NCCO2)[C@]2(O)C[C@@H]3C=C[C@@H](O)[C@H](CO)[C@@H]3[C@@]1(O)[C@H]2O. The van der Waals surface area contributed by atoms with Gasteiger partial charge in [0.05, 0.1) is 31.2 Å². The molecule has 2 aromatic rings. The van der Waals surface area contributed by atoms with Crippen molar-refractivity contribution in [3.05, 3.63) is 36.1 Å². The van der Waals surface area contributed by atoms with Crippen LogP contribution in [-0.4, -0.2) is 132 Å². The first-order chi connectivity index (χ1) is 30.2. The smallest absolute Gasteiger partial charge is 0.306 e. The number of ether oxygens (including phenoxy) is 4. The fraction of sp³-hybridized carbons (Fsp3) is 0.766. The largest absolute Gasteiger partial charge is 0.485 e. The molecule has 4 heterocycles. The van der Waals surface area contributed by atoms with Crippen molar-refractivity contribution in [2.24, 2.45) is 29.1 Å². The molecule has 4 aliphatic carbocycles. The fourth-order valence-corrected chi connectivity index (χ4v) is 17.1. The number of fused-ring (bicyclic) bond motifs is 11. The van der Waals surface area contributed by atoms with Crippen molar-refractivity contribution in [1.82, 2.24) is 5.32 Å². The van der Waals surface area contributed by atoms with Crippen LogP contribution < -0.4 is 14.8 Å². The lowest BCUT2D eigenvalue weighted by atomic mass is 9.50. The van der Waals surface area contributed by atoms with E-state index in [4.69, 9.17) is 23.4 Å². The Morgan fingerprint density at radius 1 is 1.00 bits per heavy atom. The molecule has 9 rings (SSSR count). The summed E-state index contributed by atoms with van der Waals surface area (Å²) in [6.07, 6.45) is 6.79. The third kappa shape index (κ3) is 7.66. The van der Waals surface area contributed by atoms with Gasteiger partial charge in [-0.2, -0.15) is 0 Å². The number of benzene rings is 1. The van der Waals surface area contributed by atoms with Crippen molar-refractivity contribution in [3.63, 3.8) is 0 Å². The number of aliphatic hydroxyl groups excluding tert-OH is 5. The van der Waals surface area contributed by atoms with Gasteiger partial charge in [0.25, 0.3) is 0 Å². The van der Waals surface area contributed by atoms with Gasteiger partial charge in [0.2, 0.25) is 12.0 Å². The van der Waals surface area contributed by atoms with Gasteiger partial charge >= 0.3 is 5.97 Å². The number of nitrogens with one attached hydrogen (secondary N) is 1. The molecule has 5 bridgehead atoms. The summed E-state index contributed by atoms with van der Waals surface area (Å²) in [6.45, 7) is 4.25. The second-order valence-corrected chi connectivity index (χ2v) is 22.7. The zero-order valence-electron chi connectivity index (χ0n) is 36.5. The second-order valence-electron chi connectivity index (χ2n) is 20.0. The molecule has 5 fully saturated rings. The topological polar surface area (TPSA) is 221 Å². The highest BCUT2D eigenvalue weighted by Crippen LogP contribution is 2.65. The van der Waals surface area contributed by atoms with E-state index in [0.717, 1.165) is 57.8 Å². The predicted octanol–water partition coefficient (Wildman–Crippen LogP) is 4.55. The quantitative estimate of drug-likeness (QED) is 0.117. The molecule has 8 N–H and O–H groups in total. The molecule has 1 aromatic heterocycles. The Kier molecular flexibility index (Phi) is 13.0. The standard InChI is InChI=1S/C47H67NO13S2/c1-3-57-36(53)14-11-28-22-29-15-20-58-38(29)40-39(28)60-42-47(56)37-30(10-12-32(50)31(37)24-49)23-45(55,41(47)54)46(61-42)26-62-63-44(18-17-43(25-44)16-5-8-34(43)51)33(48-19-21-59-40)13-9-27(2)6-4-7-35(46)52/h10,12,15,20,22,27,30-35,37,41-42,48-52,54-56H,3-9,11,13-14,16-19,21,23-26H2,1-2H3/t27-,30-,31-,32+,33+,34+,35+,37+,41-,42+,43-,44-,45-,46+,47+/m0/s1. The van der Waals surface area contributed by atoms with E-state index in [-0.39, 0.29) is 72.4 Å². The highest BCUT2D eigenvalue weighted by Gasteiger charge is 2.78. The summed E-state index contributed by atoms with van der Waals surface area (Å²) in [5.74, 6) is -2.56. The zero-order chi connectivity index (χ0) is 44.4. The van der Waals surface area contributed by atoms with Crippen molar-refractivity contribution in [2.45, 2.75) is 162 Å². The van der Waals surface area contributed by atoms with E-state index in [9.17, 15) is 40.5 Å². The van der Waals surface area contributed by atoms with Gasteiger partial charge in [0.1, 0.15) is 23.9 Å². The van der Waals surface area contributed by atoms with Gasteiger partial charge in [-0.25, -0.2) is 0 Å². The second kappa shape index (κ2) is 17.9. The molecule has 63 heavy (non-hydrogen) atoms. The fourth-order valence-electron chi connectivity index (χ4n) is 13.1. The van der Waals surface area contributed by atoms with Crippen molar-refractivity contribution in [2.75, 3.05) is 32.1 Å². The van der Waals surface area contributed by atoms with Crippen molar-refractivity contribution < 1.29 is 63.9 Å². The summed E-state index contributed by atoms with van der Waals surface area (Å²) < 4.78 is 31.9. The predicted molar refractivity (Wildman–Crippen MR) is 237 cm³/mol. The van der Waals surface area contributed by atoms with E-state index in [1.807, 2.05) is 6.07 Å². The molecule has 3 aliphatic heterocycles. The third-order valence-corrected chi connectivity index (χ3v) is 19.8. The Labute approximate surface area is 377 Å². The van der Waals surface area contributed by atoms with E-state index in [0.29, 0.717) is 35.4 Å². The maximum atomic E-state index is 13.4. The number of carbonyl (C=O) groups excluding carboxylic acids is 1. The summed E-state index contributed by atoms with van der Waals surface area (Å²) in [7, 11) is 3.21. The van der Waals surface area contributed by atoms with Crippen LogP contribution in [0.25, 0.3) is 11.0 Å². The van der Waals surface area contributed by atoms with E-state index >= 15 is 0 Å². The molecule has 16 heteroatoms. The Balaban J connectivity index is 1.24. The maximum absolute atomic E-state index is 13.4. The van der Waals surface area contributed by atoms with E-state index in [1.54, 1.807) is 35.9 Å². The summed E-state index contributed by atoms with van der Waals surface area (Å²) in [5.41, 5.74) is -6.00. The van der Waals surface area contributed by atoms with E-state index < -0.39 is 77.8 Å². The number of esters is 1. The first-order valence-corrected chi connectivity index (χ1v) is 25.7. The zero-order valence-corrected chi connectivity index (χ0v) is 38.1. The summed E-state index contributed by atoms with van der Waals surface area (Å²) in [4.78, 5) is 12.9. The van der Waals surface area contributed by atoms with E-state index in [2.05, 4.69) is 12.2 Å². The highest BCUT2D eigenvalue weighted by atomic mass is 33.1. The Morgan fingerprint density at radius 3 is 2.60 bits per heavy atom. The van der Waals surface area contributed by atoms with E-state index in [1.165, 1.54) is 17.1 Å². The minimum Gasteiger partial charge on any atom is -0.485 e. The Morgan fingerprint density at radius 2 is 1.83 bits per heavy atom. The minimum atomic E-state index is -2.47. The average Bonchev–Trinajstić information content (AvgIpc) is 3.99. The van der Waals surface area contributed by atoms with Crippen LogP contribution >= 0.6 is 21.6 Å².